The zero-order valence-electron chi connectivity index (χ0n) is 15.6. The van der Waals surface area contributed by atoms with Crippen LogP contribution in [-0.2, 0) is 0 Å². The van der Waals surface area contributed by atoms with Gasteiger partial charge in [-0.3, -0.25) is 0 Å². The zero-order chi connectivity index (χ0) is 16.5. The fraction of sp³-hybridized carbons (Fsp3) is 0.842. The average Bonchev–Trinajstić information content (AvgIpc) is 2.51. The number of allylic oxidation sites excluding steroid dienone is 1. The third-order valence-electron chi connectivity index (χ3n) is 3.70. The second-order valence-corrected chi connectivity index (χ2v) is 5.79. The van der Waals surface area contributed by atoms with Crippen molar-refractivity contribution in [2.24, 2.45) is 0 Å². The molecule has 0 amide bonds. The lowest BCUT2D eigenvalue weighted by Gasteiger charge is -2.17. The van der Waals surface area contributed by atoms with E-state index in [0.717, 1.165) is 31.6 Å². The molecule has 0 radical (unpaired) electrons. The molecule has 0 aromatic carbocycles. The van der Waals surface area contributed by atoms with Crippen LogP contribution in [0.2, 0.25) is 0 Å². The minimum absolute atomic E-state index is 0.814. The molecule has 126 valence electrons. The molecule has 0 aliphatic rings. The summed E-state index contributed by atoms with van der Waals surface area (Å²) in [7, 11) is 2.09. The van der Waals surface area contributed by atoms with Gasteiger partial charge in [0.25, 0.3) is 0 Å². The number of nitrogens with zero attached hydrogens (tertiary/aromatic N) is 1. The third kappa shape index (κ3) is 15.6. The van der Waals surface area contributed by atoms with Gasteiger partial charge in [0.2, 0.25) is 0 Å². The van der Waals surface area contributed by atoms with Crippen molar-refractivity contribution in [3.63, 3.8) is 0 Å². The fourth-order valence-corrected chi connectivity index (χ4v) is 1.95. The quantitative estimate of drug-likeness (QED) is 0.363. The summed E-state index contributed by atoms with van der Waals surface area (Å²) in [4.78, 5) is 2.23. The van der Waals surface area contributed by atoms with Gasteiger partial charge >= 0.3 is 0 Å². The van der Waals surface area contributed by atoms with E-state index in [1.165, 1.54) is 44.1 Å². The van der Waals surface area contributed by atoms with Gasteiger partial charge in [-0.2, -0.15) is 0 Å². The van der Waals surface area contributed by atoms with E-state index in [1.807, 2.05) is 6.92 Å². The molecule has 1 N–H and O–H groups in total. The summed E-state index contributed by atoms with van der Waals surface area (Å²) in [5.41, 5.74) is 2.00. The van der Waals surface area contributed by atoms with Crippen LogP contribution < -0.4 is 0 Å². The third-order valence-corrected chi connectivity index (χ3v) is 3.70. The van der Waals surface area contributed by atoms with Crippen molar-refractivity contribution >= 4 is 5.71 Å². The highest BCUT2D eigenvalue weighted by atomic mass is 15.1. The summed E-state index contributed by atoms with van der Waals surface area (Å²) in [5.74, 6) is 0. The van der Waals surface area contributed by atoms with Gasteiger partial charge in [-0.15, -0.1) is 0 Å². The van der Waals surface area contributed by atoms with E-state index in [-0.39, 0.29) is 0 Å². The molecule has 0 aromatic rings. The Labute approximate surface area is 134 Å². The molecule has 0 aromatic heterocycles. The number of rotatable bonds is 11. The van der Waals surface area contributed by atoms with Gasteiger partial charge in [0.15, 0.2) is 0 Å². The van der Waals surface area contributed by atoms with Gasteiger partial charge < -0.3 is 10.3 Å². The Bertz CT molecular complexity index is 252. The number of unbranched alkanes of at least 4 members (excludes halogenated alkanes) is 5. The molecular formula is C19H40N2. The van der Waals surface area contributed by atoms with E-state index in [1.54, 1.807) is 0 Å². The van der Waals surface area contributed by atoms with Gasteiger partial charge in [0.1, 0.15) is 0 Å². The van der Waals surface area contributed by atoms with E-state index in [4.69, 9.17) is 5.41 Å². The highest BCUT2D eigenvalue weighted by Gasteiger charge is 2.05. The molecule has 0 aliphatic carbocycles. The predicted molar refractivity (Wildman–Crippen MR) is 98.6 cm³/mol. The first kappa shape index (κ1) is 22.6. The molecular weight excluding hydrogens is 256 g/mol. The standard InChI is InChI=1S/C12H24N2.C7H16/c1-5-8-9-12(13)11(6-2)10-14(4)7-3;1-3-5-7-6-4-2/h6,13H,5,7-10H2,1-4H3;3-7H2,1-2H3/b11-6+,13-12?;. The smallest absolute Gasteiger partial charge is 0.0355 e. The van der Waals surface area contributed by atoms with Crippen LogP contribution in [0.25, 0.3) is 0 Å². The van der Waals surface area contributed by atoms with Gasteiger partial charge in [0, 0.05) is 12.3 Å². The molecule has 0 fully saturated rings. The van der Waals surface area contributed by atoms with Crippen molar-refractivity contribution in [3.05, 3.63) is 11.6 Å². The van der Waals surface area contributed by atoms with E-state index in [9.17, 15) is 0 Å². The first-order chi connectivity index (χ1) is 10.1. The molecule has 2 nitrogen and oxygen atoms in total. The van der Waals surface area contributed by atoms with Crippen LogP contribution in [0.5, 0.6) is 0 Å². The molecule has 0 aliphatic heterocycles. The van der Waals surface area contributed by atoms with Gasteiger partial charge in [-0.25, -0.2) is 0 Å². The number of likely N-dealkylation sites (N-methyl/N-ethyl adjacent to an activating group) is 1. The Balaban J connectivity index is 0. The lowest BCUT2D eigenvalue weighted by Crippen LogP contribution is -2.23. The van der Waals surface area contributed by atoms with Crippen LogP contribution in [0.15, 0.2) is 11.6 Å². The maximum absolute atomic E-state index is 7.92. The van der Waals surface area contributed by atoms with Crippen LogP contribution in [-0.4, -0.2) is 30.7 Å². The maximum Gasteiger partial charge on any atom is 0.0355 e. The second-order valence-electron chi connectivity index (χ2n) is 5.79. The Morgan fingerprint density at radius 3 is 1.81 bits per heavy atom. The molecule has 0 rings (SSSR count). The first-order valence-corrected chi connectivity index (χ1v) is 8.98. The van der Waals surface area contributed by atoms with E-state index < -0.39 is 0 Å². The predicted octanol–water partition coefficient (Wildman–Crippen LogP) is 6.07. The summed E-state index contributed by atoms with van der Waals surface area (Å²) in [5, 5.41) is 7.92. The van der Waals surface area contributed by atoms with Crippen molar-refractivity contribution < 1.29 is 0 Å². The summed E-state index contributed by atoms with van der Waals surface area (Å²) < 4.78 is 0. The summed E-state index contributed by atoms with van der Waals surface area (Å²) in [6, 6.07) is 0. The topological polar surface area (TPSA) is 27.1 Å². The Morgan fingerprint density at radius 1 is 0.905 bits per heavy atom. The van der Waals surface area contributed by atoms with E-state index in [2.05, 4.69) is 45.7 Å². The van der Waals surface area contributed by atoms with Crippen molar-refractivity contribution in [1.29, 1.82) is 5.41 Å². The number of hydrogen-bond donors (Lipinski definition) is 1. The highest BCUT2D eigenvalue weighted by Crippen LogP contribution is 2.06. The summed E-state index contributed by atoms with van der Waals surface area (Å²) in [6.07, 6.45) is 12.3. The Kier molecular flexibility index (Phi) is 18.8. The Hall–Kier alpha value is -0.630. The van der Waals surface area contributed by atoms with Gasteiger partial charge in [0.05, 0.1) is 0 Å². The van der Waals surface area contributed by atoms with Crippen molar-refractivity contribution in [2.75, 3.05) is 20.1 Å². The molecule has 0 saturated heterocycles. The van der Waals surface area contributed by atoms with Crippen LogP contribution in [0.3, 0.4) is 0 Å². The minimum atomic E-state index is 0.814. The molecule has 0 atom stereocenters. The average molecular weight is 297 g/mol. The van der Waals surface area contributed by atoms with Crippen molar-refractivity contribution in [1.82, 2.24) is 4.90 Å². The van der Waals surface area contributed by atoms with Gasteiger partial charge in [-0.05, 0) is 38.9 Å². The molecule has 0 heterocycles. The molecule has 2 heteroatoms. The number of nitrogens with one attached hydrogen (secondary N) is 1. The van der Waals surface area contributed by atoms with Crippen LogP contribution in [0.4, 0.5) is 0 Å². The zero-order valence-corrected chi connectivity index (χ0v) is 15.6. The molecule has 0 saturated carbocycles. The highest BCUT2D eigenvalue weighted by molar-refractivity contribution is 5.97. The molecule has 0 unspecified atom stereocenters. The van der Waals surface area contributed by atoms with Crippen LogP contribution >= 0.6 is 0 Å². The Morgan fingerprint density at radius 2 is 1.43 bits per heavy atom. The first-order valence-electron chi connectivity index (χ1n) is 8.98. The monoisotopic (exact) mass is 296 g/mol. The second kappa shape index (κ2) is 17.4. The molecule has 0 bridgehead atoms. The molecule has 0 spiro atoms. The summed E-state index contributed by atoms with van der Waals surface area (Å²) >= 11 is 0. The summed E-state index contributed by atoms with van der Waals surface area (Å²) in [6.45, 7) is 12.8. The van der Waals surface area contributed by atoms with Crippen LogP contribution in [0, 0.1) is 5.41 Å². The largest absolute Gasteiger partial charge is 0.305 e. The number of hydrogen-bond acceptors (Lipinski definition) is 2. The molecule has 21 heavy (non-hydrogen) atoms. The van der Waals surface area contributed by atoms with E-state index in [0.29, 0.717) is 0 Å². The van der Waals surface area contributed by atoms with Crippen molar-refractivity contribution in [2.45, 2.75) is 86.0 Å². The SMILES string of the molecule is C/C=C(\CN(C)CC)C(=N)CCCC.CCCCCCC. The van der Waals surface area contributed by atoms with Gasteiger partial charge in [-0.1, -0.05) is 72.3 Å². The van der Waals surface area contributed by atoms with Crippen molar-refractivity contribution in [3.8, 4) is 0 Å². The maximum atomic E-state index is 7.92. The van der Waals surface area contributed by atoms with E-state index >= 15 is 0 Å². The fourth-order valence-electron chi connectivity index (χ4n) is 1.95. The minimum Gasteiger partial charge on any atom is -0.305 e. The lowest BCUT2D eigenvalue weighted by atomic mass is 10.0. The normalized spacial score (nSPS) is 11.3. The lowest BCUT2D eigenvalue weighted by molar-refractivity contribution is 0.387. The van der Waals surface area contributed by atoms with Crippen LogP contribution in [0.1, 0.15) is 86.0 Å².